The maximum atomic E-state index is 6.18. The summed E-state index contributed by atoms with van der Waals surface area (Å²) in [7, 11) is 0. The number of hydrogen-bond donors (Lipinski definition) is 1. The lowest BCUT2D eigenvalue weighted by Crippen LogP contribution is -2.26. The number of hydrogen-bond acceptors (Lipinski definition) is 1. The Hall–Kier alpha value is -0.530. The lowest BCUT2D eigenvalue weighted by Gasteiger charge is -2.31. The predicted molar refractivity (Wildman–Crippen MR) is 60.5 cm³/mol. The largest absolute Gasteiger partial charge is 0.324 e. The minimum absolute atomic E-state index is 0.208. The van der Waals surface area contributed by atoms with E-state index >= 15 is 0 Å². The fourth-order valence-corrected chi connectivity index (χ4v) is 2.06. The Morgan fingerprint density at radius 2 is 2.14 bits per heavy atom. The van der Waals surface area contributed by atoms with Gasteiger partial charge in [-0.1, -0.05) is 30.2 Å². The SMILES string of the molecule is Cc1cc([C@@H](N)C2CCC2)ccc1Cl. The molecule has 0 amide bonds. The molecule has 1 fully saturated rings. The molecule has 1 aromatic rings. The highest BCUT2D eigenvalue weighted by atomic mass is 35.5. The third-order valence-corrected chi connectivity index (χ3v) is 3.65. The molecule has 0 aliphatic heterocycles. The van der Waals surface area contributed by atoms with Crippen LogP contribution in [0.5, 0.6) is 0 Å². The average molecular weight is 210 g/mol. The van der Waals surface area contributed by atoms with Crippen LogP contribution in [0.25, 0.3) is 0 Å². The first-order valence-corrected chi connectivity index (χ1v) is 5.58. The molecule has 0 unspecified atom stereocenters. The topological polar surface area (TPSA) is 26.0 Å². The average Bonchev–Trinajstić information content (AvgIpc) is 2.06. The molecular weight excluding hydrogens is 194 g/mol. The zero-order chi connectivity index (χ0) is 10.1. The Bertz CT molecular complexity index is 331. The summed E-state index contributed by atoms with van der Waals surface area (Å²) < 4.78 is 0. The molecule has 2 N–H and O–H groups in total. The minimum atomic E-state index is 0.208. The Balaban J connectivity index is 2.18. The molecule has 0 bridgehead atoms. The van der Waals surface area contributed by atoms with Gasteiger partial charge in [0, 0.05) is 11.1 Å². The Kier molecular flexibility index (Phi) is 2.80. The van der Waals surface area contributed by atoms with Crippen LogP contribution in [0.15, 0.2) is 18.2 Å². The van der Waals surface area contributed by atoms with Gasteiger partial charge in [0.1, 0.15) is 0 Å². The van der Waals surface area contributed by atoms with Gasteiger partial charge in [0.25, 0.3) is 0 Å². The number of halogens is 1. The Morgan fingerprint density at radius 3 is 2.64 bits per heavy atom. The molecule has 0 aromatic heterocycles. The van der Waals surface area contributed by atoms with Crippen LogP contribution in [0.3, 0.4) is 0 Å². The van der Waals surface area contributed by atoms with Crippen molar-refractivity contribution in [1.29, 1.82) is 0 Å². The van der Waals surface area contributed by atoms with E-state index in [2.05, 4.69) is 12.1 Å². The third kappa shape index (κ3) is 1.79. The summed E-state index contributed by atoms with van der Waals surface area (Å²) in [5.41, 5.74) is 8.53. The van der Waals surface area contributed by atoms with Gasteiger partial charge in [0.15, 0.2) is 0 Å². The smallest absolute Gasteiger partial charge is 0.0435 e. The summed E-state index contributed by atoms with van der Waals surface area (Å²) in [6, 6.07) is 6.33. The standard InChI is InChI=1S/C12H16ClN/c1-8-7-10(5-6-11(8)13)12(14)9-3-2-4-9/h5-7,9,12H,2-4,14H2,1H3/t12-/m0/s1. The molecule has 1 aliphatic carbocycles. The van der Waals surface area contributed by atoms with Gasteiger partial charge in [-0.2, -0.15) is 0 Å². The summed E-state index contributed by atoms with van der Waals surface area (Å²) in [5, 5.41) is 0.828. The monoisotopic (exact) mass is 209 g/mol. The van der Waals surface area contributed by atoms with E-state index in [1.165, 1.54) is 24.8 Å². The summed E-state index contributed by atoms with van der Waals surface area (Å²) in [6.07, 6.45) is 3.90. The van der Waals surface area contributed by atoms with Crippen LogP contribution >= 0.6 is 11.6 Å². The van der Waals surface area contributed by atoms with Crippen molar-refractivity contribution in [3.05, 3.63) is 34.3 Å². The molecule has 0 heterocycles. The molecule has 2 heteroatoms. The van der Waals surface area contributed by atoms with Gasteiger partial charge in [-0.15, -0.1) is 0 Å². The lowest BCUT2D eigenvalue weighted by molar-refractivity contribution is 0.264. The van der Waals surface area contributed by atoms with Crippen molar-refractivity contribution in [3.63, 3.8) is 0 Å². The van der Waals surface area contributed by atoms with E-state index in [-0.39, 0.29) is 6.04 Å². The van der Waals surface area contributed by atoms with E-state index in [0.29, 0.717) is 5.92 Å². The second kappa shape index (κ2) is 3.92. The van der Waals surface area contributed by atoms with Crippen molar-refractivity contribution in [1.82, 2.24) is 0 Å². The van der Waals surface area contributed by atoms with Crippen LogP contribution in [0.2, 0.25) is 5.02 Å². The summed E-state index contributed by atoms with van der Waals surface area (Å²) in [4.78, 5) is 0. The van der Waals surface area contributed by atoms with Crippen LogP contribution in [-0.2, 0) is 0 Å². The highest BCUT2D eigenvalue weighted by Gasteiger charge is 2.25. The van der Waals surface area contributed by atoms with Crippen LogP contribution < -0.4 is 5.73 Å². The Morgan fingerprint density at radius 1 is 1.43 bits per heavy atom. The van der Waals surface area contributed by atoms with E-state index < -0.39 is 0 Å². The van der Waals surface area contributed by atoms with Crippen molar-refractivity contribution >= 4 is 11.6 Å². The summed E-state index contributed by atoms with van der Waals surface area (Å²) in [6.45, 7) is 2.03. The molecule has 1 saturated carbocycles. The van der Waals surface area contributed by atoms with Gasteiger partial charge >= 0.3 is 0 Å². The predicted octanol–water partition coefficient (Wildman–Crippen LogP) is 3.45. The number of aryl methyl sites for hydroxylation is 1. The highest BCUT2D eigenvalue weighted by Crippen LogP contribution is 2.36. The van der Waals surface area contributed by atoms with E-state index in [0.717, 1.165) is 10.6 Å². The zero-order valence-corrected chi connectivity index (χ0v) is 9.22. The van der Waals surface area contributed by atoms with Crippen LogP contribution in [0, 0.1) is 12.8 Å². The van der Waals surface area contributed by atoms with Gasteiger partial charge in [-0.3, -0.25) is 0 Å². The fourth-order valence-electron chi connectivity index (χ4n) is 1.95. The molecule has 14 heavy (non-hydrogen) atoms. The summed E-state index contributed by atoms with van der Waals surface area (Å²) in [5.74, 6) is 0.690. The van der Waals surface area contributed by atoms with Crippen molar-refractivity contribution < 1.29 is 0 Å². The molecule has 0 radical (unpaired) electrons. The van der Waals surface area contributed by atoms with Gasteiger partial charge in [-0.25, -0.2) is 0 Å². The number of nitrogens with two attached hydrogens (primary N) is 1. The van der Waals surface area contributed by atoms with Crippen molar-refractivity contribution in [3.8, 4) is 0 Å². The first-order chi connectivity index (χ1) is 6.68. The maximum absolute atomic E-state index is 6.18. The van der Waals surface area contributed by atoms with Crippen molar-refractivity contribution in [2.24, 2.45) is 11.7 Å². The van der Waals surface area contributed by atoms with Gasteiger partial charge in [-0.05, 0) is 42.9 Å². The molecule has 0 spiro atoms. The molecule has 76 valence electrons. The zero-order valence-electron chi connectivity index (χ0n) is 8.46. The van der Waals surface area contributed by atoms with Crippen LogP contribution in [-0.4, -0.2) is 0 Å². The molecule has 1 nitrogen and oxygen atoms in total. The quantitative estimate of drug-likeness (QED) is 0.794. The highest BCUT2D eigenvalue weighted by molar-refractivity contribution is 6.31. The number of rotatable bonds is 2. The molecule has 2 rings (SSSR count). The molecular formula is C12H16ClN. The minimum Gasteiger partial charge on any atom is -0.324 e. The van der Waals surface area contributed by atoms with E-state index in [1.807, 2.05) is 13.0 Å². The number of benzene rings is 1. The first kappa shape index (κ1) is 10.0. The normalized spacial score (nSPS) is 19.1. The van der Waals surface area contributed by atoms with Crippen LogP contribution in [0.4, 0.5) is 0 Å². The van der Waals surface area contributed by atoms with Crippen molar-refractivity contribution in [2.75, 3.05) is 0 Å². The second-order valence-corrected chi connectivity index (χ2v) is 4.63. The molecule has 1 aromatic carbocycles. The fraction of sp³-hybridized carbons (Fsp3) is 0.500. The van der Waals surface area contributed by atoms with Crippen molar-refractivity contribution in [2.45, 2.75) is 32.2 Å². The van der Waals surface area contributed by atoms with E-state index in [4.69, 9.17) is 17.3 Å². The third-order valence-electron chi connectivity index (χ3n) is 3.22. The van der Waals surface area contributed by atoms with Crippen LogP contribution in [0.1, 0.15) is 36.4 Å². The molecule has 0 saturated heterocycles. The van der Waals surface area contributed by atoms with E-state index in [9.17, 15) is 0 Å². The molecule has 1 aliphatic rings. The maximum Gasteiger partial charge on any atom is 0.0435 e. The van der Waals surface area contributed by atoms with E-state index in [1.54, 1.807) is 0 Å². The van der Waals surface area contributed by atoms with Gasteiger partial charge in [0.2, 0.25) is 0 Å². The lowest BCUT2D eigenvalue weighted by atomic mass is 9.77. The van der Waals surface area contributed by atoms with Gasteiger partial charge in [0.05, 0.1) is 0 Å². The first-order valence-electron chi connectivity index (χ1n) is 5.20. The summed E-state index contributed by atoms with van der Waals surface area (Å²) >= 11 is 5.97. The second-order valence-electron chi connectivity index (χ2n) is 4.23. The Labute approximate surface area is 90.3 Å². The molecule has 1 atom stereocenters. The van der Waals surface area contributed by atoms with Gasteiger partial charge < -0.3 is 5.73 Å².